The van der Waals surface area contributed by atoms with Crippen LogP contribution in [-0.2, 0) is 9.84 Å². The molecule has 30 heavy (non-hydrogen) atoms. The van der Waals surface area contributed by atoms with E-state index in [1.54, 1.807) is 47.5 Å². The Labute approximate surface area is 173 Å². The van der Waals surface area contributed by atoms with E-state index < -0.39 is 9.84 Å². The minimum atomic E-state index is -3.32. The van der Waals surface area contributed by atoms with E-state index >= 15 is 0 Å². The van der Waals surface area contributed by atoms with Gasteiger partial charge in [-0.25, -0.2) is 13.1 Å². The fourth-order valence-corrected chi connectivity index (χ4v) is 3.59. The van der Waals surface area contributed by atoms with Gasteiger partial charge in [-0.05, 0) is 36.4 Å². The first kappa shape index (κ1) is 19.5. The van der Waals surface area contributed by atoms with Crippen LogP contribution in [-0.4, -0.2) is 35.3 Å². The van der Waals surface area contributed by atoms with E-state index in [2.05, 4.69) is 15.4 Å². The zero-order chi connectivity index (χ0) is 21.1. The maximum absolute atomic E-state index is 13.0. The van der Waals surface area contributed by atoms with E-state index in [0.29, 0.717) is 22.5 Å². The lowest BCUT2D eigenvalue weighted by molar-refractivity contribution is 0.102. The molecule has 0 saturated carbocycles. The molecule has 0 spiro atoms. The fourth-order valence-electron chi connectivity index (χ4n) is 2.96. The van der Waals surface area contributed by atoms with Crippen molar-refractivity contribution in [1.29, 1.82) is 0 Å². The van der Waals surface area contributed by atoms with Crippen molar-refractivity contribution < 1.29 is 13.2 Å². The van der Waals surface area contributed by atoms with Gasteiger partial charge in [0, 0.05) is 24.2 Å². The zero-order valence-corrected chi connectivity index (χ0v) is 16.9. The second-order valence-corrected chi connectivity index (χ2v) is 8.68. The Morgan fingerprint density at radius 2 is 1.70 bits per heavy atom. The number of para-hydroxylation sites is 1. The van der Waals surface area contributed by atoms with Crippen LogP contribution < -0.4 is 5.32 Å². The van der Waals surface area contributed by atoms with E-state index in [0.717, 1.165) is 11.9 Å². The molecule has 1 N–H and O–H groups in total. The van der Waals surface area contributed by atoms with Crippen molar-refractivity contribution in [2.24, 2.45) is 0 Å². The van der Waals surface area contributed by atoms with E-state index in [-0.39, 0.29) is 10.8 Å². The summed E-state index contributed by atoms with van der Waals surface area (Å²) in [5.41, 5.74) is 2.80. The number of nitrogens with one attached hydrogen (secondary N) is 1. The molecule has 0 unspecified atom stereocenters. The maximum atomic E-state index is 13.0. The van der Waals surface area contributed by atoms with Crippen LogP contribution in [0.1, 0.15) is 10.4 Å². The van der Waals surface area contributed by atoms with Gasteiger partial charge in [0.05, 0.1) is 28.0 Å². The SMILES string of the molecule is CS(=O)(=O)c1ccc(-c2nn(-c3ccccc3)cc2C(=O)Nc2cccnc2)cc1. The summed E-state index contributed by atoms with van der Waals surface area (Å²) >= 11 is 0. The molecule has 0 aliphatic rings. The van der Waals surface area contributed by atoms with E-state index in [4.69, 9.17) is 0 Å². The highest BCUT2D eigenvalue weighted by Crippen LogP contribution is 2.26. The normalized spacial score (nSPS) is 11.2. The molecule has 0 saturated heterocycles. The molecule has 1 amide bonds. The molecule has 0 atom stereocenters. The molecule has 0 bridgehead atoms. The lowest BCUT2D eigenvalue weighted by atomic mass is 10.1. The summed E-state index contributed by atoms with van der Waals surface area (Å²) in [6.45, 7) is 0. The zero-order valence-electron chi connectivity index (χ0n) is 16.1. The minimum absolute atomic E-state index is 0.204. The molecule has 2 heterocycles. The van der Waals surface area contributed by atoms with Crippen LogP contribution in [0.25, 0.3) is 16.9 Å². The van der Waals surface area contributed by atoms with Crippen molar-refractivity contribution in [2.75, 3.05) is 11.6 Å². The number of aromatic nitrogens is 3. The van der Waals surface area contributed by atoms with Gasteiger partial charge in [0.25, 0.3) is 5.91 Å². The van der Waals surface area contributed by atoms with Crippen molar-refractivity contribution in [3.8, 4) is 16.9 Å². The van der Waals surface area contributed by atoms with Gasteiger partial charge in [0.2, 0.25) is 0 Å². The second kappa shape index (κ2) is 7.92. The highest BCUT2D eigenvalue weighted by molar-refractivity contribution is 7.90. The summed E-state index contributed by atoms with van der Waals surface area (Å²) in [7, 11) is -3.32. The van der Waals surface area contributed by atoms with Crippen LogP contribution in [0.2, 0.25) is 0 Å². The molecule has 2 aromatic heterocycles. The van der Waals surface area contributed by atoms with Gasteiger partial charge in [-0.1, -0.05) is 30.3 Å². The lowest BCUT2D eigenvalue weighted by Crippen LogP contribution is -2.12. The summed E-state index contributed by atoms with van der Waals surface area (Å²) in [6.07, 6.45) is 5.98. The van der Waals surface area contributed by atoms with Gasteiger partial charge in [-0.2, -0.15) is 5.10 Å². The average molecular weight is 418 g/mol. The monoisotopic (exact) mass is 418 g/mol. The van der Waals surface area contributed by atoms with Crippen molar-refractivity contribution in [2.45, 2.75) is 4.90 Å². The largest absolute Gasteiger partial charge is 0.320 e. The molecule has 0 aliphatic carbocycles. The summed E-state index contributed by atoms with van der Waals surface area (Å²) in [6, 6.07) is 19.2. The Morgan fingerprint density at radius 1 is 0.967 bits per heavy atom. The van der Waals surface area contributed by atoms with Crippen molar-refractivity contribution in [3.05, 3.63) is 90.9 Å². The summed E-state index contributed by atoms with van der Waals surface area (Å²) in [5.74, 6) is -0.340. The Hall–Kier alpha value is -3.78. The first-order valence-electron chi connectivity index (χ1n) is 9.09. The second-order valence-electron chi connectivity index (χ2n) is 6.66. The first-order chi connectivity index (χ1) is 14.4. The maximum Gasteiger partial charge on any atom is 0.259 e. The molecular formula is C22H18N4O3S. The number of carbonyl (C=O) groups excluding carboxylic acids is 1. The predicted octanol–water partition coefficient (Wildman–Crippen LogP) is 3.59. The topological polar surface area (TPSA) is 94.0 Å². The molecule has 2 aromatic carbocycles. The van der Waals surface area contributed by atoms with Crippen LogP contribution in [0.4, 0.5) is 5.69 Å². The smallest absolute Gasteiger partial charge is 0.259 e. The number of anilines is 1. The third kappa shape index (κ3) is 4.13. The first-order valence-corrected chi connectivity index (χ1v) is 11.0. The van der Waals surface area contributed by atoms with Gasteiger partial charge in [0.15, 0.2) is 9.84 Å². The van der Waals surface area contributed by atoms with Crippen LogP contribution in [0, 0.1) is 0 Å². The summed E-state index contributed by atoms with van der Waals surface area (Å²) < 4.78 is 25.1. The standard InChI is InChI=1S/C22H18N4O3S/c1-30(28,29)19-11-9-16(10-12-19)21-20(22(27)24-17-6-5-13-23-14-17)15-26(25-21)18-7-3-2-4-8-18/h2-15H,1H3,(H,24,27). The third-order valence-corrected chi connectivity index (χ3v) is 5.58. The Bertz CT molecular complexity index is 1280. The molecule has 8 heteroatoms. The van der Waals surface area contributed by atoms with E-state index in [9.17, 15) is 13.2 Å². The molecular weight excluding hydrogens is 400 g/mol. The Balaban J connectivity index is 1.78. The number of hydrogen-bond acceptors (Lipinski definition) is 5. The van der Waals surface area contributed by atoms with Crippen LogP contribution >= 0.6 is 0 Å². The van der Waals surface area contributed by atoms with Crippen LogP contribution in [0.5, 0.6) is 0 Å². The van der Waals surface area contributed by atoms with Crippen molar-refractivity contribution >= 4 is 21.4 Å². The van der Waals surface area contributed by atoms with Gasteiger partial charge in [0.1, 0.15) is 5.69 Å². The molecule has 4 rings (SSSR count). The number of rotatable bonds is 5. The molecule has 7 nitrogen and oxygen atoms in total. The Kier molecular flexibility index (Phi) is 5.16. The fraction of sp³-hybridized carbons (Fsp3) is 0.0455. The van der Waals surface area contributed by atoms with Gasteiger partial charge in [-0.15, -0.1) is 0 Å². The molecule has 150 valence electrons. The van der Waals surface area contributed by atoms with E-state index in [1.165, 1.54) is 12.1 Å². The molecule has 0 aliphatic heterocycles. The number of carbonyl (C=O) groups is 1. The van der Waals surface area contributed by atoms with Gasteiger partial charge >= 0.3 is 0 Å². The lowest BCUT2D eigenvalue weighted by Gasteiger charge is -2.05. The molecule has 4 aromatic rings. The quantitative estimate of drug-likeness (QED) is 0.535. The van der Waals surface area contributed by atoms with E-state index in [1.807, 2.05) is 30.3 Å². The van der Waals surface area contributed by atoms with Gasteiger partial charge in [-0.3, -0.25) is 9.78 Å². The number of benzene rings is 2. The summed E-state index contributed by atoms with van der Waals surface area (Å²) in [5, 5.41) is 7.41. The molecule has 0 fully saturated rings. The van der Waals surface area contributed by atoms with Crippen molar-refractivity contribution in [3.63, 3.8) is 0 Å². The number of sulfone groups is 1. The molecule has 0 radical (unpaired) electrons. The van der Waals surface area contributed by atoms with Crippen LogP contribution in [0.15, 0.2) is 90.2 Å². The predicted molar refractivity (Wildman–Crippen MR) is 114 cm³/mol. The number of hydrogen-bond donors (Lipinski definition) is 1. The van der Waals surface area contributed by atoms with Gasteiger partial charge < -0.3 is 5.32 Å². The number of pyridine rings is 1. The minimum Gasteiger partial charge on any atom is -0.320 e. The highest BCUT2D eigenvalue weighted by Gasteiger charge is 2.19. The Morgan fingerprint density at radius 3 is 2.33 bits per heavy atom. The third-order valence-electron chi connectivity index (χ3n) is 4.45. The number of nitrogens with zero attached hydrogens (tertiary/aromatic N) is 3. The van der Waals surface area contributed by atoms with Crippen molar-refractivity contribution in [1.82, 2.24) is 14.8 Å². The summed E-state index contributed by atoms with van der Waals surface area (Å²) in [4.78, 5) is 17.2. The highest BCUT2D eigenvalue weighted by atomic mass is 32.2. The average Bonchev–Trinajstić information content (AvgIpc) is 3.20. The van der Waals surface area contributed by atoms with Crippen LogP contribution in [0.3, 0.4) is 0 Å². The number of amides is 1.